The number of hydrogen-bond donors (Lipinski definition) is 2. The maximum atomic E-state index is 9.46. The molecule has 0 bridgehead atoms. The van der Waals surface area contributed by atoms with Crippen molar-refractivity contribution in [2.75, 3.05) is 14.2 Å². The quantitative estimate of drug-likeness (QED) is 0.631. The maximum absolute atomic E-state index is 9.46. The van der Waals surface area contributed by atoms with Crippen LogP contribution in [0.5, 0.6) is 5.75 Å². The molecule has 0 saturated carbocycles. The number of pyridine rings is 1. The molecule has 4 nitrogen and oxygen atoms in total. The average Bonchev–Trinajstić information content (AvgIpc) is 2.47. The second-order valence-corrected chi connectivity index (χ2v) is 4.18. The summed E-state index contributed by atoms with van der Waals surface area (Å²) < 4.78 is 5.14. The van der Waals surface area contributed by atoms with Crippen molar-refractivity contribution >= 4 is 0 Å². The molecule has 1 aromatic carbocycles. The molecule has 0 aliphatic heterocycles. The molecule has 0 spiro atoms. The fraction of sp³-hybridized carbons (Fsp3) is 0.267. The Kier molecular flexibility index (Phi) is 6.79. The first-order chi connectivity index (χ1) is 9.28. The topological polar surface area (TPSA) is 54.4 Å². The van der Waals surface area contributed by atoms with Gasteiger partial charge in [-0.05, 0) is 24.4 Å². The van der Waals surface area contributed by atoms with Crippen LogP contribution in [0.2, 0.25) is 0 Å². The Balaban J connectivity index is 0.00000200. The molecule has 1 radical (unpaired) electrons. The van der Waals surface area contributed by atoms with E-state index in [9.17, 15) is 5.11 Å². The van der Waals surface area contributed by atoms with Gasteiger partial charge in [0.2, 0.25) is 0 Å². The zero-order valence-electron chi connectivity index (χ0n) is 11.4. The second-order valence-electron chi connectivity index (χ2n) is 4.18. The number of nitrogens with zero attached hydrogens (tertiary/aromatic N) is 1. The standard InChI is InChI=1S/C15H17N2O2.Rh/c1-16-9-11-5-6-17-15(7-11)14-4-3-13(19-2)8-12(14)10-18;/h3,5-8,16,18H,9-10H2,1-2H3;/q-1;. The Morgan fingerprint density at radius 2 is 2.20 bits per heavy atom. The molecule has 0 aliphatic rings. The number of hydrogen-bond acceptors (Lipinski definition) is 4. The van der Waals surface area contributed by atoms with E-state index in [4.69, 9.17) is 4.74 Å². The van der Waals surface area contributed by atoms with Crippen LogP contribution in [-0.4, -0.2) is 24.2 Å². The Morgan fingerprint density at radius 1 is 1.40 bits per heavy atom. The molecule has 0 atom stereocenters. The summed E-state index contributed by atoms with van der Waals surface area (Å²) in [7, 11) is 3.49. The summed E-state index contributed by atoms with van der Waals surface area (Å²) in [6.45, 7) is 0.709. The van der Waals surface area contributed by atoms with Gasteiger partial charge in [-0.2, -0.15) is 0 Å². The van der Waals surface area contributed by atoms with Gasteiger partial charge in [0.1, 0.15) is 0 Å². The van der Waals surface area contributed by atoms with Crippen LogP contribution in [0.4, 0.5) is 0 Å². The fourth-order valence-corrected chi connectivity index (χ4v) is 1.93. The zero-order chi connectivity index (χ0) is 13.7. The van der Waals surface area contributed by atoms with E-state index in [1.807, 2.05) is 19.2 Å². The molecule has 0 aliphatic carbocycles. The third kappa shape index (κ3) is 3.86. The molecule has 0 unspecified atom stereocenters. The number of aliphatic hydroxyl groups excluding tert-OH is 1. The fourth-order valence-electron chi connectivity index (χ4n) is 1.93. The first kappa shape index (κ1) is 16.8. The summed E-state index contributed by atoms with van der Waals surface area (Å²) in [5.41, 5.74) is 3.51. The molecule has 1 aromatic heterocycles. The molecule has 0 fully saturated rings. The van der Waals surface area contributed by atoms with Gasteiger partial charge in [-0.15, -0.1) is 17.7 Å². The summed E-state index contributed by atoms with van der Waals surface area (Å²) in [5.74, 6) is 0.680. The van der Waals surface area contributed by atoms with Gasteiger partial charge in [-0.1, -0.05) is 17.7 Å². The summed E-state index contributed by atoms with van der Waals surface area (Å²) >= 11 is 0. The van der Waals surface area contributed by atoms with Crippen LogP contribution in [0.3, 0.4) is 0 Å². The molecule has 1 heterocycles. The SMILES string of the molecule is CNCc1ccnc(-c2[c-]cc(OC)cc2CO)c1.[Rh]. The molecule has 0 amide bonds. The Morgan fingerprint density at radius 3 is 2.85 bits per heavy atom. The van der Waals surface area contributed by atoms with E-state index in [2.05, 4.69) is 16.4 Å². The van der Waals surface area contributed by atoms with Crippen molar-refractivity contribution in [1.29, 1.82) is 0 Å². The predicted molar refractivity (Wildman–Crippen MR) is 73.7 cm³/mol. The number of aromatic nitrogens is 1. The molecular weight excluding hydrogens is 343 g/mol. The minimum atomic E-state index is -0.0685. The number of aliphatic hydroxyl groups is 1. The number of methoxy groups -OCH3 is 1. The van der Waals surface area contributed by atoms with Crippen molar-refractivity contribution in [1.82, 2.24) is 10.3 Å². The zero-order valence-corrected chi connectivity index (χ0v) is 13.1. The van der Waals surface area contributed by atoms with Crippen LogP contribution in [0.25, 0.3) is 11.3 Å². The molecule has 20 heavy (non-hydrogen) atoms. The molecule has 2 N–H and O–H groups in total. The third-order valence-corrected chi connectivity index (χ3v) is 2.86. The average molecular weight is 360 g/mol. The van der Waals surface area contributed by atoms with Crippen LogP contribution in [0.1, 0.15) is 11.1 Å². The van der Waals surface area contributed by atoms with Crippen molar-refractivity contribution in [3.05, 3.63) is 47.7 Å². The maximum Gasteiger partial charge on any atom is 0.0647 e. The van der Waals surface area contributed by atoms with Gasteiger partial charge in [0.15, 0.2) is 0 Å². The van der Waals surface area contributed by atoms with Crippen molar-refractivity contribution in [3.63, 3.8) is 0 Å². The Hall–Kier alpha value is -1.29. The van der Waals surface area contributed by atoms with Gasteiger partial charge in [0.05, 0.1) is 7.11 Å². The summed E-state index contributed by atoms with van der Waals surface area (Å²) in [5, 5.41) is 12.6. The summed E-state index contributed by atoms with van der Waals surface area (Å²) in [6.07, 6.45) is 1.77. The van der Waals surface area contributed by atoms with E-state index < -0.39 is 0 Å². The van der Waals surface area contributed by atoms with Gasteiger partial charge >= 0.3 is 0 Å². The number of nitrogens with one attached hydrogen (secondary N) is 1. The van der Waals surface area contributed by atoms with E-state index >= 15 is 0 Å². The minimum absolute atomic E-state index is 0. The van der Waals surface area contributed by atoms with Gasteiger partial charge in [0, 0.05) is 44.6 Å². The largest absolute Gasteiger partial charge is 0.540 e. The van der Waals surface area contributed by atoms with E-state index in [0.29, 0.717) is 5.75 Å². The van der Waals surface area contributed by atoms with E-state index in [1.54, 1.807) is 25.4 Å². The minimum Gasteiger partial charge on any atom is -0.540 e. The molecule has 2 rings (SSSR count). The van der Waals surface area contributed by atoms with Crippen LogP contribution in [0.15, 0.2) is 30.5 Å². The van der Waals surface area contributed by atoms with Crippen molar-refractivity contribution in [3.8, 4) is 17.0 Å². The second kappa shape index (κ2) is 8.10. The molecular formula is C15H17N2O2Rh-. The first-order valence-corrected chi connectivity index (χ1v) is 6.08. The van der Waals surface area contributed by atoms with Gasteiger partial charge < -0.3 is 20.1 Å². The van der Waals surface area contributed by atoms with Gasteiger partial charge in [-0.3, -0.25) is 0 Å². The number of rotatable bonds is 5. The third-order valence-electron chi connectivity index (χ3n) is 2.86. The van der Waals surface area contributed by atoms with Crippen LogP contribution in [-0.2, 0) is 32.6 Å². The van der Waals surface area contributed by atoms with E-state index in [-0.39, 0.29) is 26.1 Å². The van der Waals surface area contributed by atoms with Gasteiger partial charge in [0.25, 0.3) is 0 Å². The number of benzene rings is 1. The molecule has 109 valence electrons. The monoisotopic (exact) mass is 360 g/mol. The van der Waals surface area contributed by atoms with Crippen LogP contribution in [0, 0.1) is 6.07 Å². The summed E-state index contributed by atoms with van der Waals surface area (Å²) in [4.78, 5) is 4.35. The van der Waals surface area contributed by atoms with E-state index in [1.165, 1.54) is 0 Å². The van der Waals surface area contributed by atoms with Crippen LogP contribution >= 0.6 is 0 Å². The van der Waals surface area contributed by atoms with Crippen LogP contribution < -0.4 is 10.1 Å². The molecule has 5 heteroatoms. The predicted octanol–water partition coefficient (Wildman–Crippen LogP) is 1.77. The Labute approximate surface area is 132 Å². The Bertz CT molecular complexity index is 561. The molecule has 0 saturated heterocycles. The molecule has 2 aromatic rings. The van der Waals surface area contributed by atoms with Gasteiger partial charge in [-0.25, -0.2) is 0 Å². The van der Waals surface area contributed by atoms with E-state index in [0.717, 1.165) is 28.9 Å². The van der Waals surface area contributed by atoms with Crippen molar-refractivity contribution in [2.45, 2.75) is 13.2 Å². The first-order valence-electron chi connectivity index (χ1n) is 6.08. The smallest absolute Gasteiger partial charge is 0.0647 e. The number of ether oxygens (including phenoxy) is 1. The van der Waals surface area contributed by atoms with Crippen molar-refractivity contribution in [2.24, 2.45) is 0 Å². The summed E-state index contributed by atoms with van der Waals surface area (Å²) in [6, 6.07) is 10.6. The normalized spacial score (nSPS) is 9.95. The van der Waals surface area contributed by atoms with Crippen molar-refractivity contribution < 1.29 is 29.3 Å².